The Morgan fingerprint density at radius 3 is 2.21 bits per heavy atom. The number of halogens is 1. The lowest BCUT2D eigenvalue weighted by atomic mass is 10.1. The van der Waals surface area contributed by atoms with Crippen LogP contribution in [0.1, 0.15) is 43.9 Å². The second-order valence-corrected chi connectivity index (χ2v) is 11.5. The van der Waals surface area contributed by atoms with E-state index in [9.17, 15) is 22.4 Å². The fourth-order valence-electron chi connectivity index (χ4n) is 4.10. The lowest BCUT2D eigenvalue weighted by Gasteiger charge is -2.33. The molecule has 3 aromatic rings. The number of benzene rings is 3. The molecule has 0 radical (unpaired) electrons. The van der Waals surface area contributed by atoms with Crippen LogP contribution in [0.3, 0.4) is 0 Å². The van der Waals surface area contributed by atoms with Crippen LogP contribution >= 0.6 is 0 Å². The van der Waals surface area contributed by atoms with Crippen LogP contribution < -0.4 is 9.62 Å². The minimum absolute atomic E-state index is 0.0296. The van der Waals surface area contributed by atoms with E-state index in [0.29, 0.717) is 17.7 Å². The Morgan fingerprint density at radius 1 is 0.923 bits per heavy atom. The number of sulfonamides is 1. The molecule has 2 atom stereocenters. The molecule has 0 aliphatic rings. The lowest BCUT2D eigenvalue weighted by Crippen LogP contribution is -2.52. The molecule has 39 heavy (non-hydrogen) atoms. The van der Waals surface area contributed by atoms with E-state index in [0.717, 1.165) is 9.87 Å². The molecule has 0 saturated carbocycles. The van der Waals surface area contributed by atoms with Gasteiger partial charge in [-0.25, -0.2) is 12.8 Å². The van der Waals surface area contributed by atoms with Crippen molar-refractivity contribution < 1.29 is 22.4 Å². The standard InChI is InChI=1S/C30H36FN3O4S/c1-6-22(3)32-30(36)24(5)33(19-25-14-10-11-17-27(25)31)29(35)20-34(28-18-12-13-21(2)23(28)4)39(37,38)26-15-8-7-9-16-26/h7-18,22,24H,6,19-20H2,1-5H3,(H,32,36)/t22-,24-/m1/s1. The Kier molecular flexibility index (Phi) is 9.86. The fourth-order valence-corrected chi connectivity index (χ4v) is 5.59. The van der Waals surface area contributed by atoms with Gasteiger partial charge >= 0.3 is 0 Å². The smallest absolute Gasteiger partial charge is 0.264 e. The number of aryl methyl sites for hydroxylation is 1. The van der Waals surface area contributed by atoms with Gasteiger partial charge in [0, 0.05) is 18.2 Å². The molecule has 0 spiro atoms. The van der Waals surface area contributed by atoms with Crippen molar-refractivity contribution in [3.63, 3.8) is 0 Å². The van der Waals surface area contributed by atoms with E-state index in [1.165, 1.54) is 29.2 Å². The minimum atomic E-state index is -4.16. The summed E-state index contributed by atoms with van der Waals surface area (Å²) in [6, 6.07) is 18.0. The van der Waals surface area contributed by atoms with Crippen LogP contribution in [0.25, 0.3) is 0 Å². The van der Waals surface area contributed by atoms with Crippen molar-refractivity contribution in [3.8, 4) is 0 Å². The second kappa shape index (κ2) is 12.9. The van der Waals surface area contributed by atoms with Crippen molar-refractivity contribution in [2.45, 2.75) is 64.6 Å². The van der Waals surface area contributed by atoms with Gasteiger partial charge in [-0.05, 0) is 69.5 Å². The van der Waals surface area contributed by atoms with E-state index in [1.807, 2.05) is 26.8 Å². The summed E-state index contributed by atoms with van der Waals surface area (Å²) in [5.41, 5.74) is 2.14. The SMILES string of the molecule is CC[C@@H](C)NC(=O)[C@@H](C)N(Cc1ccccc1F)C(=O)CN(c1cccc(C)c1C)S(=O)(=O)c1ccccc1. The number of carbonyl (C=O) groups excluding carboxylic acids is 2. The number of carbonyl (C=O) groups is 2. The van der Waals surface area contributed by atoms with Crippen molar-refractivity contribution in [1.29, 1.82) is 0 Å². The molecule has 0 saturated heterocycles. The Bertz CT molecular complexity index is 1410. The van der Waals surface area contributed by atoms with Gasteiger partial charge in [-0.3, -0.25) is 13.9 Å². The van der Waals surface area contributed by atoms with Gasteiger partial charge in [-0.15, -0.1) is 0 Å². The predicted octanol–water partition coefficient (Wildman–Crippen LogP) is 4.97. The van der Waals surface area contributed by atoms with Crippen LogP contribution in [-0.2, 0) is 26.2 Å². The molecule has 0 fully saturated rings. The maximum Gasteiger partial charge on any atom is 0.264 e. The molecule has 208 valence electrons. The number of nitrogens with one attached hydrogen (secondary N) is 1. The first-order chi connectivity index (χ1) is 18.5. The van der Waals surface area contributed by atoms with Crippen LogP contribution in [-0.4, -0.2) is 43.8 Å². The van der Waals surface area contributed by atoms with Gasteiger partial charge in [0.1, 0.15) is 18.4 Å². The first kappa shape index (κ1) is 29.8. The number of hydrogen-bond acceptors (Lipinski definition) is 4. The summed E-state index contributed by atoms with van der Waals surface area (Å²) < 4.78 is 43.4. The Hall–Kier alpha value is -3.72. The van der Waals surface area contributed by atoms with E-state index >= 15 is 0 Å². The average molecular weight is 554 g/mol. The van der Waals surface area contributed by atoms with E-state index < -0.39 is 40.2 Å². The molecular weight excluding hydrogens is 517 g/mol. The number of anilines is 1. The number of nitrogens with zero attached hydrogens (tertiary/aromatic N) is 2. The molecule has 0 unspecified atom stereocenters. The summed E-state index contributed by atoms with van der Waals surface area (Å²) in [6.07, 6.45) is 0.690. The summed E-state index contributed by atoms with van der Waals surface area (Å²) in [7, 11) is -4.16. The Morgan fingerprint density at radius 2 is 1.56 bits per heavy atom. The van der Waals surface area contributed by atoms with E-state index in [2.05, 4.69) is 5.32 Å². The average Bonchev–Trinajstić information content (AvgIpc) is 2.92. The molecule has 2 amide bonds. The van der Waals surface area contributed by atoms with Crippen molar-refractivity contribution in [3.05, 3.63) is 95.3 Å². The predicted molar refractivity (Wildman–Crippen MR) is 151 cm³/mol. The molecule has 0 aliphatic heterocycles. The van der Waals surface area contributed by atoms with Crippen LogP contribution in [0.5, 0.6) is 0 Å². The molecule has 3 aromatic carbocycles. The van der Waals surface area contributed by atoms with Crippen LogP contribution in [0, 0.1) is 19.7 Å². The highest BCUT2D eigenvalue weighted by Crippen LogP contribution is 2.29. The van der Waals surface area contributed by atoms with Gasteiger partial charge in [0.2, 0.25) is 11.8 Å². The van der Waals surface area contributed by atoms with Gasteiger partial charge in [0.15, 0.2) is 0 Å². The van der Waals surface area contributed by atoms with Crippen molar-refractivity contribution >= 4 is 27.5 Å². The molecule has 7 nitrogen and oxygen atoms in total. The summed E-state index contributed by atoms with van der Waals surface area (Å²) in [4.78, 5) is 28.3. The molecule has 0 aliphatic carbocycles. The number of rotatable bonds is 11. The van der Waals surface area contributed by atoms with Crippen LogP contribution in [0.15, 0.2) is 77.7 Å². The Labute approximate surface area is 230 Å². The van der Waals surface area contributed by atoms with Crippen molar-refractivity contribution in [2.75, 3.05) is 10.8 Å². The van der Waals surface area contributed by atoms with E-state index in [1.54, 1.807) is 56.3 Å². The van der Waals surface area contributed by atoms with Gasteiger partial charge in [0.25, 0.3) is 10.0 Å². The minimum Gasteiger partial charge on any atom is -0.352 e. The zero-order chi connectivity index (χ0) is 28.7. The monoisotopic (exact) mass is 553 g/mol. The summed E-state index contributed by atoms with van der Waals surface area (Å²) in [6.45, 7) is 8.21. The van der Waals surface area contributed by atoms with Gasteiger partial charge in [0.05, 0.1) is 10.6 Å². The summed E-state index contributed by atoms with van der Waals surface area (Å²) in [5, 5.41) is 2.86. The maximum absolute atomic E-state index is 14.6. The first-order valence-electron chi connectivity index (χ1n) is 12.9. The normalized spacial score (nSPS) is 12.9. The zero-order valence-corrected chi connectivity index (χ0v) is 23.8. The quantitative estimate of drug-likeness (QED) is 0.363. The van der Waals surface area contributed by atoms with Gasteiger partial charge in [-0.1, -0.05) is 55.5 Å². The highest BCUT2D eigenvalue weighted by atomic mass is 32.2. The van der Waals surface area contributed by atoms with E-state index in [-0.39, 0.29) is 23.0 Å². The molecular formula is C30H36FN3O4S. The summed E-state index contributed by atoms with van der Waals surface area (Å²) >= 11 is 0. The fraction of sp³-hybridized carbons (Fsp3) is 0.333. The number of hydrogen-bond donors (Lipinski definition) is 1. The van der Waals surface area contributed by atoms with Crippen LogP contribution in [0.2, 0.25) is 0 Å². The van der Waals surface area contributed by atoms with Gasteiger partial charge < -0.3 is 10.2 Å². The largest absolute Gasteiger partial charge is 0.352 e. The summed E-state index contributed by atoms with van der Waals surface area (Å²) in [5.74, 6) is -1.56. The molecule has 3 rings (SSSR count). The van der Waals surface area contributed by atoms with E-state index in [4.69, 9.17) is 0 Å². The van der Waals surface area contributed by atoms with Crippen LogP contribution in [0.4, 0.5) is 10.1 Å². The third kappa shape index (κ3) is 7.03. The maximum atomic E-state index is 14.6. The van der Waals surface area contributed by atoms with Crippen molar-refractivity contribution in [1.82, 2.24) is 10.2 Å². The number of amides is 2. The Balaban J connectivity index is 2.07. The van der Waals surface area contributed by atoms with Crippen molar-refractivity contribution in [2.24, 2.45) is 0 Å². The third-order valence-electron chi connectivity index (χ3n) is 6.92. The molecule has 0 heterocycles. The topological polar surface area (TPSA) is 86.8 Å². The molecule has 9 heteroatoms. The highest BCUT2D eigenvalue weighted by Gasteiger charge is 2.33. The lowest BCUT2D eigenvalue weighted by molar-refractivity contribution is -0.139. The first-order valence-corrected chi connectivity index (χ1v) is 14.4. The highest BCUT2D eigenvalue weighted by molar-refractivity contribution is 7.92. The molecule has 1 N–H and O–H groups in total. The molecule has 0 bridgehead atoms. The van der Waals surface area contributed by atoms with Gasteiger partial charge in [-0.2, -0.15) is 0 Å². The second-order valence-electron chi connectivity index (χ2n) is 9.65. The molecule has 0 aromatic heterocycles. The third-order valence-corrected chi connectivity index (χ3v) is 8.70. The zero-order valence-electron chi connectivity index (χ0n) is 23.0.